The van der Waals surface area contributed by atoms with Crippen molar-refractivity contribution in [1.82, 2.24) is 5.32 Å². The first-order chi connectivity index (χ1) is 9.24. The zero-order chi connectivity index (χ0) is 13.5. The number of furan rings is 1. The van der Waals surface area contributed by atoms with E-state index in [4.69, 9.17) is 4.42 Å². The third-order valence-corrected chi connectivity index (χ3v) is 3.97. The van der Waals surface area contributed by atoms with Crippen molar-refractivity contribution >= 4 is 23.1 Å². The molecule has 0 radical (unpaired) electrons. The van der Waals surface area contributed by atoms with Crippen molar-refractivity contribution in [3.05, 3.63) is 46.0 Å². The lowest BCUT2D eigenvalue weighted by Crippen LogP contribution is -2.15. The number of rotatable bonds is 8. The molecule has 0 spiro atoms. The Morgan fingerprint density at radius 3 is 2.84 bits per heavy atom. The lowest BCUT2D eigenvalue weighted by molar-refractivity contribution is 0.251. The molecule has 0 aliphatic heterocycles. The second-order valence-corrected chi connectivity index (χ2v) is 5.76. The topological polar surface area (TPSA) is 25.2 Å². The molecule has 2 heterocycles. The van der Waals surface area contributed by atoms with Gasteiger partial charge in [-0.15, -0.1) is 0 Å². The van der Waals surface area contributed by atoms with Gasteiger partial charge in [-0.05, 0) is 47.5 Å². The van der Waals surface area contributed by atoms with Crippen LogP contribution in [0.2, 0.25) is 0 Å². The summed E-state index contributed by atoms with van der Waals surface area (Å²) < 4.78 is 29.5. The quantitative estimate of drug-likeness (QED) is 0.742. The summed E-state index contributed by atoms with van der Waals surface area (Å²) in [5.74, 6) is -0.751. The summed E-state index contributed by atoms with van der Waals surface area (Å²) in [5.41, 5.74) is 1.32. The molecule has 0 atom stereocenters. The van der Waals surface area contributed by atoms with Gasteiger partial charge in [-0.3, -0.25) is 0 Å². The highest BCUT2D eigenvalue weighted by Gasteiger charge is 2.07. The van der Waals surface area contributed by atoms with Gasteiger partial charge in [0.1, 0.15) is 11.5 Å². The molecule has 0 unspecified atom stereocenters. The van der Waals surface area contributed by atoms with Crippen molar-refractivity contribution in [2.75, 3.05) is 6.54 Å². The van der Waals surface area contributed by atoms with Gasteiger partial charge in [-0.1, -0.05) is 11.8 Å². The lowest BCUT2D eigenvalue weighted by atomic mass is 10.2. The second-order valence-electron chi connectivity index (χ2n) is 4.00. The van der Waals surface area contributed by atoms with Crippen LogP contribution in [0.15, 0.2) is 33.4 Å². The van der Waals surface area contributed by atoms with Crippen molar-refractivity contribution in [3.63, 3.8) is 0 Å². The van der Waals surface area contributed by atoms with Crippen LogP contribution in [0.1, 0.15) is 17.1 Å². The molecule has 2 aromatic heterocycles. The van der Waals surface area contributed by atoms with Gasteiger partial charge in [0.25, 0.3) is 5.76 Å². The Labute approximate surface area is 119 Å². The van der Waals surface area contributed by atoms with Crippen LogP contribution in [-0.4, -0.2) is 12.3 Å². The van der Waals surface area contributed by atoms with Gasteiger partial charge in [-0.25, -0.2) is 0 Å². The molecule has 104 valence electrons. The number of alkyl halides is 2. The normalized spacial score (nSPS) is 11.3. The molecule has 0 saturated heterocycles. The third kappa shape index (κ3) is 5.34. The number of hydrogen-bond acceptors (Lipinski definition) is 4. The monoisotopic (exact) mass is 303 g/mol. The van der Waals surface area contributed by atoms with Crippen molar-refractivity contribution < 1.29 is 13.2 Å². The van der Waals surface area contributed by atoms with E-state index in [-0.39, 0.29) is 5.75 Å². The van der Waals surface area contributed by atoms with Crippen LogP contribution in [-0.2, 0) is 18.7 Å². The van der Waals surface area contributed by atoms with Gasteiger partial charge in [0, 0.05) is 0 Å². The Balaban J connectivity index is 1.65. The highest BCUT2D eigenvalue weighted by Crippen LogP contribution is 2.21. The van der Waals surface area contributed by atoms with Crippen molar-refractivity contribution in [2.24, 2.45) is 0 Å². The minimum Gasteiger partial charge on any atom is -0.464 e. The maximum Gasteiger partial charge on any atom is 0.284 e. The molecule has 0 fully saturated rings. The molecule has 0 aromatic carbocycles. The second kappa shape index (κ2) is 7.67. The maximum atomic E-state index is 12.0. The maximum absolute atomic E-state index is 12.0. The van der Waals surface area contributed by atoms with Gasteiger partial charge in [0.15, 0.2) is 0 Å². The number of thiophene rings is 1. The molecule has 0 amide bonds. The minimum absolute atomic E-state index is 0.215. The first-order valence-corrected chi connectivity index (χ1v) is 7.92. The van der Waals surface area contributed by atoms with E-state index in [0.29, 0.717) is 24.1 Å². The summed E-state index contributed by atoms with van der Waals surface area (Å²) >= 11 is 2.27. The number of hydrogen-bond donors (Lipinski definition) is 1. The molecule has 19 heavy (non-hydrogen) atoms. The molecule has 0 aliphatic rings. The molecule has 6 heteroatoms. The molecule has 2 nitrogen and oxygen atoms in total. The van der Waals surface area contributed by atoms with Crippen LogP contribution in [0.4, 0.5) is 8.78 Å². The van der Waals surface area contributed by atoms with Gasteiger partial charge < -0.3 is 9.73 Å². The highest BCUT2D eigenvalue weighted by molar-refractivity contribution is 7.98. The van der Waals surface area contributed by atoms with E-state index < -0.39 is 5.76 Å². The molecule has 0 bridgehead atoms. The average molecular weight is 303 g/mol. The summed E-state index contributed by atoms with van der Waals surface area (Å²) in [5, 5.41) is 7.47. The van der Waals surface area contributed by atoms with Crippen molar-refractivity contribution in [3.8, 4) is 0 Å². The van der Waals surface area contributed by atoms with Crippen LogP contribution in [0, 0.1) is 0 Å². The Kier molecular flexibility index (Phi) is 5.88. The Morgan fingerprint density at radius 1 is 1.26 bits per heavy atom. The molecular weight excluding hydrogens is 288 g/mol. The van der Waals surface area contributed by atoms with Crippen LogP contribution in [0.25, 0.3) is 0 Å². The van der Waals surface area contributed by atoms with Gasteiger partial charge in [-0.2, -0.15) is 20.1 Å². The van der Waals surface area contributed by atoms with E-state index in [2.05, 4.69) is 22.1 Å². The number of thioether (sulfide) groups is 1. The van der Waals surface area contributed by atoms with Gasteiger partial charge in [0.2, 0.25) is 0 Å². The first kappa shape index (κ1) is 14.6. The smallest absolute Gasteiger partial charge is 0.284 e. The molecule has 0 aliphatic carbocycles. The highest BCUT2D eigenvalue weighted by atomic mass is 32.2. The summed E-state index contributed by atoms with van der Waals surface area (Å²) in [6.07, 6.45) is 0.984. The van der Waals surface area contributed by atoms with Gasteiger partial charge >= 0.3 is 0 Å². The van der Waals surface area contributed by atoms with Crippen LogP contribution < -0.4 is 5.32 Å². The summed E-state index contributed by atoms with van der Waals surface area (Å²) in [6, 6.07) is 5.70. The summed E-state index contributed by atoms with van der Waals surface area (Å²) in [4.78, 5) is 0. The fourth-order valence-corrected chi connectivity index (χ4v) is 2.77. The van der Waals surface area contributed by atoms with Gasteiger partial charge in [0.05, 0.1) is 12.3 Å². The van der Waals surface area contributed by atoms with E-state index in [0.717, 1.165) is 18.7 Å². The third-order valence-electron chi connectivity index (χ3n) is 2.54. The predicted octanol–water partition coefficient (Wildman–Crippen LogP) is 4.13. The fourth-order valence-electron chi connectivity index (χ4n) is 1.62. The average Bonchev–Trinajstić information content (AvgIpc) is 3.04. The van der Waals surface area contributed by atoms with Crippen LogP contribution >= 0.6 is 23.1 Å². The van der Waals surface area contributed by atoms with E-state index in [1.165, 1.54) is 5.56 Å². The van der Waals surface area contributed by atoms with Crippen molar-refractivity contribution in [2.45, 2.75) is 24.5 Å². The zero-order valence-electron chi connectivity index (χ0n) is 10.3. The standard InChI is InChI=1S/C13H15F2NOS2/c14-13(15)19-9-12-2-1-11(17-12)7-16-5-3-10-4-6-18-8-10/h1-2,4,6,8,13,16H,3,5,7,9H2. The summed E-state index contributed by atoms with van der Waals surface area (Å²) in [7, 11) is 0. The zero-order valence-corrected chi connectivity index (χ0v) is 11.9. The molecular formula is C13H15F2NOS2. The van der Waals surface area contributed by atoms with E-state index in [1.54, 1.807) is 17.4 Å². The van der Waals surface area contributed by atoms with Crippen LogP contribution in [0.5, 0.6) is 0 Å². The molecule has 0 saturated carbocycles. The molecule has 1 N–H and O–H groups in total. The summed E-state index contributed by atoms with van der Waals surface area (Å²) in [6.45, 7) is 1.50. The number of nitrogens with one attached hydrogen (secondary N) is 1. The predicted molar refractivity (Wildman–Crippen MR) is 75.7 cm³/mol. The Morgan fingerprint density at radius 2 is 2.11 bits per heavy atom. The van der Waals surface area contributed by atoms with Crippen molar-refractivity contribution in [1.29, 1.82) is 0 Å². The first-order valence-electron chi connectivity index (χ1n) is 5.93. The van der Waals surface area contributed by atoms with E-state index >= 15 is 0 Å². The molecule has 2 aromatic rings. The Bertz CT molecular complexity index is 471. The lowest BCUT2D eigenvalue weighted by Gasteiger charge is -2.01. The fraction of sp³-hybridized carbons (Fsp3) is 0.385. The van der Waals surface area contributed by atoms with Crippen LogP contribution in [0.3, 0.4) is 0 Å². The Hall–Kier alpha value is -0.850. The molecule has 2 rings (SSSR count). The minimum atomic E-state index is -2.35. The number of halogens is 2. The largest absolute Gasteiger partial charge is 0.464 e. The van der Waals surface area contributed by atoms with E-state index in [9.17, 15) is 8.78 Å². The SMILES string of the molecule is FC(F)SCc1ccc(CNCCc2ccsc2)o1. The van der Waals surface area contributed by atoms with E-state index in [1.807, 2.05) is 6.07 Å².